The Kier molecular flexibility index (Phi) is 4.73. The molecule has 10 heteroatoms. The van der Waals surface area contributed by atoms with Crippen molar-refractivity contribution in [3.63, 3.8) is 0 Å². The molecule has 0 aliphatic rings. The van der Waals surface area contributed by atoms with Crippen molar-refractivity contribution in [2.24, 2.45) is 0 Å². The summed E-state index contributed by atoms with van der Waals surface area (Å²) in [6.45, 7) is 1.49. The van der Waals surface area contributed by atoms with Crippen LogP contribution in [0, 0.1) is 12.7 Å². The second kappa shape index (κ2) is 6.81. The largest absolute Gasteiger partial charge is 0.389 e. The van der Waals surface area contributed by atoms with Crippen LogP contribution in [0.4, 0.5) is 22.1 Å². The molecule has 0 saturated heterocycles. The molecule has 0 radical (unpaired) electrons. The smallest absolute Gasteiger partial charge is 0.331 e. The van der Waals surface area contributed by atoms with Gasteiger partial charge in [-0.05, 0) is 52.7 Å². The lowest BCUT2D eigenvalue weighted by Crippen LogP contribution is -2.15. The van der Waals surface area contributed by atoms with E-state index in [1.807, 2.05) is 18.2 Å². The highest BCUT2D eigenvalue weighted by atomic mass is 79.9. The standard InChI is InChI=1S/C15H12BrFN4O3S/c1-9-7-12(17)11(16)8-13(9)25(22,23)21-15-20-19-14(24-15)18-10-5-3-2-4-6-10/h2-8H,1H3,(H,18,19)(H,20,21). The van der Waals surface area contributed by atoms with Gasteiger partial charge >= 0.3 is 12.0 Å². The van der Waals surface area contributed by atoms with E-state index in [2.05, 4.69) is 36.2 Å². The molecule has 1 heterocycles. The molecule has 0 bridgehead atoms. The van der Waals surface area contributed by atoms with E-state index in [9.17, 15) is 12.8 Å². The zero-order chi connectivity index (χ0) is 18.0. The summed E-state index contributed by atoms with van der Waals surface area (Å²) in [4.78, 5) is -0.100. The highest BCUT2D eigenvalue weighted by Gasteiger charge is 2.22. The number of hydrogen-bond donors (Lipinski definition) is 2. The molecule has 0 spiro atoms. The molecule has 2 aromatic carbocycles. The summed E-state index contributed by atoms with van der Waals surface area (Å²) < 4.78 is 45.8. The Labute approximate surface area is 151 Å². The quantitative estimate of drug-likeness (QED) is 0.643. The van der Waals surface area contributed by atoms with Gasteiger partial charge in [0.05, 0.1) is 9.37 Å². The molecule has 2 N–H and O–H groups in total. The van der Waals surface area contributed by atoms with Gasteiger partial charge in [0.2, 0.25) is 0 Å². The van der Waals surface area contributed by atoms with E-state index in [-0.39, 0.29) is 27.0 Å². The molecule has 0 saturated carbocycles. The number of anilines is 3. The number of nitrogens with zero attached hydrogens (tertiary/aromatic N) is 2. The van der Waals surface area contributed by atoms with Gasteiger partial charge in [-0.2, -0.15) is 0 Å². The van der Waals surface area contributed by atoms with E-state index in [1.54, 1.807) is 12.1 Å². The summed E-state index contributed by atoms with van der Waals surface area (Å²) in [5.74, 6) is -0.552. The van der Waals surface area contributed by atoms with Crippen molar-refractivity contribution in [1.82, 2.24) is 10.2 Å². The van der Waals surface area contributed by atoms with E-state index in [0.717, 1.165) is 6.07 Å². The first-order valence-electron chi connectivity index (χ1n) is 6.99. The summed E-state index contributed by atoms with van der Waals surface area (Å²) in [6, 6.07) is 11.1. The average Bonchev–Trinajstić information content (AvgIpc) is 2.98. The molecular formula is C15H12BrFN4O3S. The second-order valence-electron chi connectivity index (χ2n) is 5.04. The fourth-order valence-corrected chi connectivity index (χ4v) is 3.72. The Morgan fingerprint density at radius 2 is 1.80 bits per heavy atom. The number of aryl methyl sites for hydroxylation is 1. The number of nitrogens with one attached hydrogen (secondary N) is 2. The normalized spacial score (nSPS) is 11.3. The predicted molar refractivity (Wildman–Crippen MR) is 93.7 cm³/mol. The van der Waals surface area contributed by atoms with Crippen LogP contribution in [0.15, 0.2) is 56.2 Å². The minimum Gasteiger partial charge on any atom is -0.389 e. The van der Waals surface area contributed by atoms with Crippen LogP contribution in [0.25, 0.3) is 0 Å². The monoisotopic (exact) mass is 426 g/mol. The molecule has 7 nitrogen and oxygen atoms in total. The fraction of sp³-hybridized carbons (Fsp3) is 0.0667. The zero-order valence-corrected chi connectivity index (χ0v) is 15.2. The third-order valence-corrected chi connectivity index (χ3v) is 5.25. The van der Waals surface area contributed by atoms with Crippen molar-refractivity contribution in [1.29, 1.82) is 0 Å². The van der Waals surface area contributed by atoms with Crippen LogP contribution in [0.3, 0.4) is 0 Å². The van der Waals surface area contributed by atoms with Crippen LogP contribution in [-0.2, 0) is 10.0 Å². The Hall–Kier alpha value is -2.46. The lowest BCUT2D eigenvalue weighted by Gasteiger charge is -2.08. The highest BCUT2D eigenvalue weighted by Crippen LogP contribution is 2.26. The molecule has 0 atom stereocenters. The summed E-state index contributed by atoms with van der Waals surface area (Å²) in [7, 11) is -4.01. The lowest BCUT2D eigenvalue weighted by atomic mass is 10.2. The van der Waals surface area contributed by atoms with Crippen molar-refractivity contribution >= 4 is 43.7 Å². The maximum Gasteiger partial charge on any atom is 0.331 e. The molecule has 3 rings (SSSR count). The van der Waals surface area contributed by atoms with Gasteiger partial charge in [0, 0.05) is 5.69 Å². The molecule has 25 heavy (non-hydrogen) atoms. The van der Waals surface area contributed by atoms with Gasteiger partial charge in [0.15, 0.2) is 0 Å². The fourth-order valence-electron chi connectivity index (χ4n) is 2.05. The Balaban J connectivity index is 1.81. The van der Waals surface area contributed by atoms with Crippen LogP contribution in [0.2, 0.25) is 0 Å². The molecule has 3 aromatic rings. The SMILES string of the molecule is Cc1cc(F)c(Br)cc1S(=O)(=O)Nc1nnc(Nc2ccccc2)o1. The first-order valence-corrected chi connectivity index (χ1v) is 9.27. The first kappa shape index (κ1) is 17.4. The molecule has 1 aromatic heterocycles. The van der Waals surface area contributed by atoms with E-state index >= 15 is 0 Å². The minimum absolute atomic E-state index is 0.0286. The molecule has 130 valence electrons. The number of hydrogen-bond acceptors (Lipinski definition) is 6. The topological polar surface area (TPSA) is 97.1 Å². The summed E-state index contributed by atoms with van der Waals surface area (Å²) in [5.41, 5.74) is 0.953. The number of benzene rings is 2. The van der Waals surface area contributed by atoms with E-state index in [0.29, 0.717) is 5.69 Å². The van der Waals surface area contributed by atoms with Crippen molar-refractivity contribution in [3.05, 3.63) is 58.3 Å². The van der Waals surface area contributed by atoms with Gasteiger partial charge in [-0.25, -0.2) is 17.5 Å². The molecular weight excluding hydrogens is 415 g/mol. The highest BCUT2D eigenvalue weighted by molar-refractivity contribution is 9.10. The van der Waals surface area contributed by atoms with Gasteiger partial charge in [0.25, 0.3) is 10.0 Å². The van der Waals surface area contributed by atoms with Gasteiger partial charge in [-0.3, -0.25) is 0 Å². The number of aromatic nitrogens is 2. The van der Waals surface area contributed by atoms with Gasteiger partial charge in [-0.15, -0.1) is 0 Å². The van der Waals surface area contributed by atoms with Crippen LogP contribution < -0.4 is 10.0 Å². The van der Waals surface area contributed by atoms with E-state index in [1.165, 1.54) is 13.0 Å². The number of rotatable bonds is 5. The van der Waals surface area contributed by atoms with Crippen molar-refractivity contribution in [2.45, 2.75) is 11.8 Å². The van der Waals surface area contributed by atoms with E-state index in [4.69, 9.17) is 4.42 Å². The summed E-state index contributed by atoms with van der Waals surface area (Å²) in [6.07, 6.45) is 0. The van der Waals surface area contributed by atoms with Crippen LogP contribution in [0.1, 0.15) is 5.56 Å². The number of para-hydroxylation sites is 1. The maximum atomic E-state index is 13.5. The van der Waals surface area contributed by atoms with Gasteiger partial charge in [-0.1, -0.05) is 28.4 Å². The van der Waals surface area contributed by atoms with Crippen molar-refractivity contribution < 1.29 is 17.2 Å². The lowest BCUT2D eigenvalue weighted by molar-refractivity contribution is 0.578. The van der Waals surface area contributed by atoms with Gasteiger partial charge < -0.3 is 9.73 Å². The Bertz CT molecular complexity index is 1010. The summed E-state index contributed by atoms with van der Waals surface area (Å²) in [5, 5.41) is 10.2. The third-order valence-electron chi connectivity index (χ3n) is 3.18. The maximum absolute atomic E-state index is 13.5. The first-order chi connectivity index (χ1) is 11.8. The Morgan fingerprint density at radius 1 is 1.12 bits per heavy atom. The molecule has 0 unspecified atom stereocenters. The second-order valence-corrected chi connectivity index (χ2v) is 7.55. The Morgan fingerprint density at radius 3 is 2.52 bits per heavy atom. The predicted octanol–water partition coefficient (Wildman–Crippen LogP) is 3.82. The molecule has 0 fully saturated rings. The number of sulfonamides is 1. The van der Waals surface area contributed by atoms with Crippen molar-refractivity contribution in [3.8, 4) is 0 Å². The number of halogens is 2. The van der Waals surface area contributed by atoms with Crippen LogP contribution in [-0.4, -0.2) is 18.6 Å². The minimum atomic E-state index is -4.01. The molecule has 0 amide bonds. The van der Waals surface area contributed by atoms with Gasteiger partial charge in [0.1, 0.15) is 5.82 Å². The van der Waals surface area contributed by atoms with Crippen LogP contribution >= 0.6 is 15.9 Å². The third kappa shape index (κ3) is 3.97. The molecule has 0 aliphatic carbocycles. The average molecular weight is 427 g/mol. The summed E-state index contributed by atoms with van der Waals surface area (Å²) >= 11 is 2.97. The van der Waals surface area contributed by atoms with Crippen molar-refractivity contribution in [2.75, 3.05) is 10.0 Å². The zero-order valence-electron chi connectivity index (χ0n) is 12.8. The molecule has 0 aliphatic heterocycles. The van der Waals surface area contributed by atoms with Crippen LogP contribution in [0.5, 0.6) is 0 Å². The van der Waals surface area contributed by atoms with E-state index < -0.39 is 15.8 Å².